The first-order valence-electron chi connectivity index (χ1n) is 11.9. The van der Waals surface area contributed by atoms with E-state index in [2.05, 4.69) is 21.7 Å². The van der Waals surface area contributed by atoms with E-state index in [4.69, 9.17) is 11.6 Å². The van der Waals surface area contributed by atoms with Crippen molar-refractivity contribution in [3.8, 4) is 6.07 Å². The minimum Gasteiger partial charge on any atom is -0.356 e. The number of nitriles is 1. The SMILES string of the molecule is N#C[C@H](CC1CCCNC1=O)NC(=O)C1CC2(CCC2)CN1C(=O)c1cc2cccc(Cl)c2[nH]1. The van der Waals surface area contributed by atoms with Crippen molar-refractivity contribution in [2.75, 3.05) is 13.1 Å². The maximum absolute atomic E-state index is 13.5. The highest BCUT2D eigenvalue weighted by Crippen LogP contribution is 2.50. The summed E-state index contributed by atoms with van der Waals surface area (Å²) in [5, 5.41) is 16.7. The van der Waals surface area contributed by atoms with Gasteiger partial charge in [0, 0.05) is 24.4 Å². The molecule has 1 aliphatic carbocycles. The fraction of sp³-hybridized carbons (Fsp3) is 0.520. The molecule has 8 nitrogen and oxygen atoms in total. The number of fused-ring (bicyclic) bond motifs is 1. The average molecular weight is 482 g/mol. The van der Waals surface area contributed by atoms with Gasteiger partial charge in [-0.25, -0.2) is 0 Å². The molecule has 3 aliphatic rings. The van der Waals surface area contributed by atoms with Crippen LogP contribution in [0.15, 0.2) is 24.3 Å². The Bertz CT molecular complexity index is 1180. The van der Waals surface area contributed by atoms with Crippen molar-refractivity contribution in [3.63, 3.8) is 0 Å². The van der Waals surface area contributed by atoms with Gasteiger partial charge in [-0.05, 0) is 56.1 Å². The number of amides is 3. The second-order valence-electron chi connectivity index (χ2n) is 9.95. The fourth-order valence-corrected chi connectivity index (χ4v) is 5.92. The Kier molecular flexibility index (Phi) is 5.98. The van der Waals surface area contributed by atoms with Gasteiger partial charge >= 0.3 is 0 Å². The zero-order chi connectivity index (χ0) is 23.9. The zero-order valence-electron chi connectivity index (χ0n) is 18.9. The maximum Gasteiger partial charge on any atom is 0.271 e. The first-order chi connectivity index (χ1) is 16.4. The van der Waals surface area contributed by atoms with E-state index in [1.807, 2.05) is 12.1 Å². The molecule has 0 radical (unpaired) electrons. The Morgan fingerprint density at radius 3 is 2.82 bits per heavy atom. The minimum absolute atomic E-state index is 0.0350. The van der Waals surface area contributed by atoms with Crippen molar-refractivity contribution >= 4 is 40.2 Å². The molecule has 3 heterocycles. The molecule has 0 bridgehead atoms. The molecule has 3 fully saturated rings. The van der Waals surface area contributed by atoms with Gasteiger partial charge in [0.1, 0.15) is 17.8 Å². The lowest BCUT2D eigenvalue weighted by Crippen LogP contribution is -2.49. The van der Waals surface area contributed by atoms with E-state index in [-0.39, 0.29) is 35.5 Å². The van der Waals surface area contributed by atoms with Crippen molar-refractivity contribution in [1.82, 2.24) is 20.5 Å². The van der Waals surface area contributed by atoms with Gasteiger partial charge in [-0.3, -0.25) is 14.4 Å². The molecule has 34 heavy (non-hydrogen) atoms. The third-order valence-corrected chi connectivity index (χ3v) is 8.03. The summed E-state index contributed by atoms with van der Waals surface area (Å²) in [4.78, 5) is 43.8. The number of nitrogens with zero attached hydrogens (tertiary/aromatic N) is 2. The van der Waals surface area contributed by atoms with Gasteiger partial charge < -0.3 is 20.5 Å². The van der Waals surface area contributed by atoms with Crippen molar-refractivity contribution in [2.24, 2.45) is 11.3 Å². The zero-order valence-corrected chi connectivity index (χ0v) is 19.7. The highest BCUT2D eigenvalue weighted by atomic mass is 35.5. The van der Waals surface area contributed by atoms with Crippen molar-refractivity contribution in [1.29, 1.82) is 5.26 Å². The first-order valence-corrected chi connectivity index (χ1v) is 12.3. The largest absolute Gasteiger partial charge is 0.356 e. The van der Waals surface area contributed by atoms with Gasteiger partial charge in [-0.15, -0.1) is 0 Å². The summed E-state index contributed by atoms with van der Waals surface area (Å²) < 4.78 is 0. The second kappa shape index (κ2) is 8.95. The number of para-hydroxylation sites is 1. The van der Waals surface area contributed by atoms with Crippen LogP contribution in [0.2, 0.25) is 5.02 Å². The molecule has 1 spiro atoms. The molecule has 1 aromatic carbocycles. The number of hydrogen-bond donors (Lipinski definition) is 3. The summed E-state index contributed by atoms with van der Waals surface area (Å²) >= 11 is 6.27. The van der Waals surface area contributed by atoms with Crippen LogP contribution in [0.25, 0.3) is 10.9 Å². The number of nitrogens with one attached hydrogen (secondary N) is 3. The molecule has 178 valence electrons. The van der Waals surface area contributed by atoms with Gasteiger partial charge in [0.15, 0.2) is 0 Å². The monoisotopic (exact) mass is 481 g/mol. The number of H-pyrrole nitrogens is 1. The smallest absolute Gasteiger partial charge is 0.271 e. The summed E-state index contributed by atoms with van der Waals surface area (Å²) in [6.45, 7) is 1.17. The number of likely N-dealkylation sites (tertiary alicyclic amines) is 1. The molecule has 9 heteroatoms. The van der Waals surface area contributed by atoms with Crippen molar-refractivity contribution in [2.45, 2.75) is 57.0 Å². The average Bonchev–Trinajstić information content (AvgIpc) is 3.43. The van der Waals surface area contributed by atoms with Crippen molar-refractivity contribution in [3.05, 3.63) is 35.0 Å². The van der Waals surface area contributed by atoms with Crippen LogP contribution in [-0.2, 0) is 9.59 Å². The van der Waals surface area contributed by atoms with Gasteiger partial charge in [-0.1, -0.05) is 30.2 Å². The van der Waals surface area contributed by atoms with Crippen LogP contribution in [0.1, 0.15) is 55.4 Å². The van der Waals surface area contributed by atoms with E-state index >= 15 is 0 Å². The predicted molar refractivity (Wildman–Crippen MR) is 127 cm³/mol. The van der Waals surface area contributed by atoms with Crippen LogP contribution in [0.3, 0.4) is 0 Å². The molecule has 2 saturated heterocycles. The number of hydrogen-bond acceptors (Lipinski definition) is 4. The van der Waals surface area contributed by atoms with E-state index in [0.717, 1.165) is 31.1 Å². The maximum atomic E-state index is 13.5. The standard InChI is InChI=1S/C25H28ClN5O3/c26-18-6-1-4-15-11-19(30-21(15)18)24(34)31-14-25(7-3-8-25)12-20(31)23(33)29-17(13-27)10-16-5-2-9-28-22(16)32/h1,4,6,11,16-17,20,30H,2-3,5,7-10,12,14H2,(H,28,32)(H,29,33)/t16?,17-,20?/m0/s1. The van der Waals surface area contributed by atoms with Gasteiger partial charge in [0.2, 0.25) is 11.8 Å². The lowest BCUT2D eigenvalue weighted by atomic mass is 9.67. The number of halogens is 1. The second-order valence-corrected chi connectivity index (χ2v) is 10.4. The third kappa shape index (κ3) is 4.14. The number of benzene rings is 1. The Balaban J connectivity index is 1.34. The number of piperidine rings is 1. The number of carbonyl (C=O) groups is 3. The summed E-state index contributed by atoms with van der Waals surface area (Å²) in [6, 6.07) is 7.96. The molecule has 2 unspecified atom stereocenters. The van der Waals surface area contributed by atoms with Gasteiger partial charge in [-0.2, -0.15) is 5.26 Å². The summed E-state index contributed by atoms with van der Waals surface area (Å²) in [6.07, 6.45) is 5.51. The van der Waals surface area contributed by atoms with E-state index < -0.39 is 12.1 Å². The Labute approximate surface area is 203 Å². The molecule has 2 aromatic rings. The predicted octanol–water partition coefficient (Wildman–Crippen LogP) is 3.13. The molecular weight excluding hydrogens is 454 g/mol. The fourth-order valence-electron chi connectivity index (χ4n) is 5.69. The van der Waals surface area contributed by atoms with Crippen LogP contribution in [0.5, 0.6) is 0 Å². The lowest BCUT2D eigenvalue weighted by molar-refractivity contribution is -0.128. The number of aromatic amines is 1. The van der Waals surface area contributed by atoms with Crippen LogP contribution in [0, 0.1) is 22.7 Å². The van der Waals surface area contributed by atoms with E-state index in [9.17, 15) is 19.6 Å². The Morgan fingerprint density at radius 1 is 1.32 bits per heavy atom. The quantitative estimate of drug-likeness (QED) is 0.607. The highest BCUT2D eigenvalue weighted by molar-refractivity contribution is 6.35. The van der Waals surface area contributed by atoms with E-state index in [1.165, 1.54) is 0 Å². The van der Waals surface area contributed by atoms with Gasteiger partial charge in [0.05, 0.1) is 16.6 Å². The molecule has 3 amide bonds. The molecular formula is C25H28ClN5O3. The lowest BCUT2D eigenvalue weighted by Gasteiger charge is -2.37. The molecule has 2 aliphatic heterocycles. The Hall–Kier alpha value is -3.05. The van der Waals surface area contributed by atoms with Crippen LogP contribution < -0.4 is 10.6 Å². The van der Waals surface area contributed by atoms with Crippen LogP contribution in [0.4, 0.5) is 0 Å². The first kappa shape index (κ1) is 22.7. The van der Waals surface area contributed by atoms with Gasteiger partial charge in [0.25, 0.3) is 5.91 Å². The normalized spacial score (nSPS) is 24.4. The van der Waals surface area contributed by atoms with Crippen molar-refractivity contribution < 1.29 is 14.4 Å². The van der Waals surface area contributed by atoms with E-state index in [1.54, 1.807) is 17.0 Å². The molecule has 5 rings (SSSR count). The topological polar surface area (TPSA) is 118 Å². The van der Waals surface area contributed by atoms with Crippen LogP contribution in [-0.4, -0.2) is 52.8 Å². The Morgan fingerprint density at radius 2 is 2.15 bits per heavy atom. The molecule has 3 N–H and O–H groups in total. The number of aromatic nitrogens is 1. The van der Waals surface area contributed by atoms with Crippen LogP contribution >= 0.6 is 11.6 Å². The summed E-state index contributed by atoms with van der Waals surface area (Å²) in [5.74, 6) is -0.913. The molecule has 3 atom stereocenters. The minimum atomic E-state index is -0.775. The van der Waals surface area contributed by atoms with E-state index in [0.29, 0.717) is 42.2 Å². The molecule has 1 aromatic heterocycles. The summed E-state index contributed by atoms with van der Waals surface area (Å²) in [7, 11) is 0. The molecule has 1 saturated carbocycles. The number of carbonyl (C=O) groups excluding carboxylic acids is 3. The summed E-state index contributed by atoms with van der Waals surface area (Å²) in [5.41, 5.74) is 1.06. The number of rotatable bonds is 5. The third-order valence-electron chi connectivity index (χ3n) is 7.71. The highest BCUT2D eigenvalue weighted by Gasteiger charge is 2.52.